The lowest BCUT2D eigenvalue weighted by Gasteiger charge is -2.09. The topological polar surface area (TPSA) is 43.4 Å². The summed E-state index contributed by atoms with van der Waals surface area (Å²) in [7, 11) is -3.68. The van der Waals surface area contributed by atoms with Gasteiger partial charge in [-0.3, -0.25) is 4.18 Å². The van der Waals surface area contributed by atoms with Crippen LogP contribution in [0.2, 0.25) is 0 Å². The fourth-order valence-electron chi connectivity index (χ4n) is 1.70. The van der Waals surface area contributed by atoms with Crippen LogP contribution in [0.3, 0.4) is 0 Å². The highest BCUT2D eigenvalue weighted by molar-refractivity contribution is 7.87. The number of rotatable bonds is 4. The summed E-state index contributed by atoms with van der Waals surface area (Å²) >= 11 is 0. The molecule has 0 aliphatic carbocycles. The van der Waals surface area contributed by atoms with E-state index in [-0.39, 0.29) is 40.5 Å². The van der Waals surface area contributed by atoms with E-state index in [2.05, 4.69) is 0 Å². The van der Waals surface area contributed by atoms with Crippen molar-refractivity contribution >= 4 is 43.9 Å². The fraction of sp³-hybridized carbons (Fsp3) is 0.286. The Morgan fingerprint density at radius 3 is 2.37 bits per heavy atom. The minimum atomic E-state index is -3.68. The van der Waals surface area contributed by atoms with Gasteiger partial charge in [0.15, 0.2) is 0 Å². The fourth-order valence-corrected chi connectivity index (χ4v) is 2.98. The van der Waals surface area contributed by atoms with Gasteiger partial charge in [0.1, 0.15) is 4.90 Å². The number of hydrogen-bond donors (Lipinski definition) is 0. The zero-order valence-corrected chi connectivity index (χ0v) is 13.4. The van der Waals surface area contributed by atoms with E-state index < -0.39 is 10.1 Å². The van der Waals surface area contributed by atoms with Crippen molar-refractivity contribution < 1.29 is 12.6 Å². The third-order valence-corrected chi connectivity index (χ3v) is 3.92. The maximum atomic E-state index is 12.1. The highest BCUT2D eigenvalue weighted by Gasteiger charge is 2.18. The largest absolute Gasteiger partial charge is 0.297 e. The number of benzene rings is 2. The molecule has 0 saturated carbocycles. The first-order valence-electron chi connectivity index (χ1n) is 5.88. The maximum absolute atomic E-state index is 12.1. The van der Waals surface area contributed by atoms with Gasteiger partial charge in [0.2, 0.25) is 0 Å². The highest BCUT2D eigenvalue weighted by atomic mass is 32.2. The summed E-state index contributed by atoms with van der Waals surface area (Å²) in [4.78, 5) is 0.237. The van der Waals surface area contributed by atoms with E-state index in [1.165, 1.54) is 0 Å². The third-order valence-electron chi connectivity index (χ3n) is 2.58. The Bertz CT molecular complexity index is 645. The molecular formula is C14H16MgO3S. The molecule has 0 atom stereocenters. The van der Waals surface area contributed by atoms with Gasteiger partial charge in [0, 0.05) is 28.4 Å². The van der Waals surface area contributed by atoms with E-state index in [9.17, 15) is 8.42 Å². The lowest BCUT2D eigenvalue weighted by molar-refractivity contribution is 0.275. The van der Waals surface area contributed by atoms with Crippen molar-refractivity contribution in [2.45, 2.75) is 18.7 Å². The molecule has 2 aromatic rings. The number of fused-ring (bicyclic) bond motifs is 1. The van der Waals surface area contributed by atoms with E-state index in [4.69, 9.17) is 4.18 Å². The van der Waals surface area contributed by atoms with E-state index in [0.717, 1.165) is 5.39 Å². The lowest BCUT2D eigenvalue weighted by atomic mass is 10.1. The minimum absolute atomic E-state index is 0. The van der Waals surface area contributed by atoms with Crippen LogP contribution in [-0.2, 0) is 14.3 Å². The molecule has 2 aromatic carbocycles. The average Bonchev–Trinajstić information content (AvgIpc) is 2.36. The normalized spacial score (nSPS) is 11.5. The molecule has 0 aliphatic heterocycles. The van der Waals surface area contributed by atoms with Crippen molar-refractivity contribution in [2.24, 2.45) is 5.92 Å². The van der Waals surface area contributed by atoms with Gasteiger partial charge in [0.25, 0.3) is 10.1 Å². The first-order chi connectivity index (χ1) is 8.50. The van der Waals surface area contributed by atoms with Crippen molar-refractivity contribution in [1.29, 1.82) is 0 Å². The molecule has 2 rings (SSSR count). The Morgan fingerprint density at radius 1 is 1.05 bits per heavy atom. The SMILES string of the molecule is CC(C)COS(=O)(=O)c1cccc2ccccc12.[Mg]. The Kier molecular flexibility index (Phi) is 5.79. The van der Waals surface area contributed by atoms with Gasteiger partial charge in [-0.2, -0.15) is 8.42 Å². The molecule has 98 valence electrons. The van der Waals surface area contributed by atoms with E-state index in [0.29, 0.717) is 5.39 Å². The molecule has 0 amide bonds. The van der Waals surface area contributed by atoms with Crippen LogP contribution in [0.4, 0.5) is 0 Å². The zero-order valence-electron chi connectivity index (χ0n) is 11.2. The Hall–Kier alpha value is -0.624. The second-order valence-electron chi connectivity index (χ2n) is 4.61. The smallest absolute Gasteiger partial charge is 0.266 e. The quantitative estimate of drug-likeness (QED) is 0.642. The van der Waals surface area contributed by atoms with Crippen LogP contribution in [0.25, 0.3) is 10.8 Å². The summed E-state index contributed by atoms with van der Waals surface area (Å²) in [5.74, 6) is 0.176. The zero-order chi connectivity index (χ0) is 13.2. The second kappa shape index (κ2) is 6.70. The molecule has 0 saturated heterocycles. The third kappa shape index (κ3) is 3.92. The molecule has 5 heteroatoms. The van der Waals surface area contributed by atoms with Gasteiger partial charge in [-0.15, -0.1) is 0 Å². The number of hydrogen-bond acceptors (Lipinski definition) is 3. The highest BCUT2D eigenvalue weighted by Crippen LogP contribution is 2.24. The molecule has 2 radical (unpaired) electrons. The van der Waals surface area contributed by atoms with Gasteiger partial charge in [-0.05, 0) is 17.4 Å². The van der Waals surface area contributed by atoms with E-state index in [1.807, 2.05) is 38.1 Å². The monoisotopic (exact) mass is 288 g/mol. The predicted octanol–water partition coefficient (Wildman–Crippen LogP) is 2.82. The summed E-state index contributed by atoms with van der Waals surface area (Å²) in [6.07, 6.45) is 0. The van der Waals surface area contributed by atoms with Crippen LogP contribution in [0.15, 0.2) is 47.4 Å². The van der Waals surface area contributed by atoms with Gasteiger partial charge in [-0.1, -0.05) is 50.2 Å². The first kappa shape index (κ1) is 16.4. The summed E-state index contributed by atoms with van der Waals surface area (Å²) in [6.45, 7) is 4.03. The molecular weight excluding hydrogens is 273 g/mol. The van der Waals surface area contributed by atoms with E-state index in [1.54, 1.807) is 18.2 Å². The molecule has 0 aliphatic rings. The predicted molar refractivity (Wildman–Crippen MR) is 77.7 cm³/mol. The van der Waals surface area contributed by atoms with Crippen molar-refractivity contribution in [3.05, 3.63) is 42.5 Å². The standard InChI is InChI=1S/C14H16O3S.Mg/c1-11(2)10-17-18(15,16)14-9-5-7-12-6-3-4-8-13(12)14;/h3-9,11H,10H2,1-2H3;. The van der Waals surface area contributed by atoms with Gasteiger partial charge < -0.3 is 0 Å². The van der Waals surface area contributed by atoms with Crippen LogP contribution in [0.1, 0.15) is 13.8 Å². The maximum Gasteiger partial charge on any atom is 0.297 e. The summed E-state index contributed by atoms with van der Waals surface area (Å²) in [5.41, 5.74) is 0. The first-order valence-corrected chi connectivity index (χ1v) is 7.29. The Labute approximate surface area is 130 Å². The summed E-state index contributed by atoms with van der Waals surface area (Å²) in [5, 5.41) is 1.59. The van der Waals surface area contributed by atoms with Crippen LogP contribution in [0.5, 0.6) is 0 Å². The Morgan fingerprint density at radius 2 is 1.68 bits per heavy atom. The van der Waals surface area contributed by atoms with Crippen LogP contribution < -0.4 is 0 Å². The van der Waals surface area contributed by atoms with E-state index >= 15 is 0 Å². The van der Waals surface area contributed by atoms with Crippen molar-refractivity contribution in [3.63, 3.8) is 0 Å². The van der Waals surface area contributed by atoms with Crippen molar-refractivity contribution in [3.8, 4) is 0 Å². The van der Waals surface area contributed by atoms with Crippen LogP contribution >= 0.6 is 0 Å². The van der Waals surface area contributed by atoms with Crippen molar-refractivity contribution in [2.75, 3.05) is 6.61 Å². The Balaban J connectivity index is 0.00000180. The molecule has 0 fully saturated rings. The molecule has 0 heterocycles. The molecule has 0 bridgehead atoms. The van der Waals surface area contributed by atoms with Crippen molar-refractivity contribution in [1.82, 2.24) is 0 Å². The molecule has 0 unspecified atom stereocenters. The average molecular weight is 289 g/mol. The molecule has 0 N–H and O–H groups in total. The van der Waals surface area contributed by atoms with Gasteiger partial charge in [0.05, 0.1) is 6.61 Å². The van der Waals surface area contributed by atoms with Gasteiger partial charge in [-0.25, -0.2) is 0 Å². The lowest BCUT2D eigenvalue weighted by Crippen LogP contribution is -2.11. The molecule has 19 heavy (non-hydrogen) atoms. The molecule has 0 aromatic heterocycles. The second-order valence-corrected chi connectivity index (χ2v) is 6.19. The minimum Gasteiger partial charge on any atom is -0.266 e. The molecule has 3 nitrogen and oxygen atoms in total. The molecule has 0 spiro atoms. The summed E-state index contributed by atoms with van der Waals surface area (Å²) in [6, 6.07) is 12.6. The van der Waals surface area contributed by atoms with Gasteiger partial charge >= 0.3 is 0 Å². The summed E-state index contributed by atoms with van der Waals surface area (Å²) < 4.78 is 29.3. The van der Waals surface area contributed by atoms with Crippen LogP contribution in [0, 0.1) is 5.92 Å². The van der Waals surface area contributed by atoms with Crippen LogP contribution in [-0.4, -0.2) is 38.1 Å².